The first kappa shape index (κ1) is 27.0. The quantitative estimate of drug-likeness (QED) is 0.207. The van der Waals surface area contributed by atoms with Crippen molar-refractivity contribution in [3.63, 3.8) is 0 Å². The molecule has 0 saturated carbocycles. The summed E-state index contributed by atoms with van der Waals surface area (Å²) in [6.45, 7) is 1.74. The molecule has 1 saturated heterocycles. The van der Waals surface area contributed by atoms with Crippen molar-refractivity contribution in [3.05, 3.63) is 65.2 Å². The number of anilines is 1. The molecule has 1 aliphatic rings. The maximum Gasteiger partial charge on any atom is 0.330 e. The highest BCUT2D eigenvalue weighted by Gasteiger charge is 2.44. The second kappa shape index (κ2) is 12.9. The lowest BCUT2D eigenvalue weighted by molar-refractivity contribution is -0.591. The Morgan fingerprint density at radius 1 is 1.31 bits per heavy atom. The summed E-state index contributed by atoms with van der Waals surface area (Å²) in [6, 6.07) is 10.1. The number of nitrogens with one attached hydrogen (secondary N) is 1. The Morgan fingerprint density at radius 3 is 2.72 bits per heavy atom. The van der Waals surface area contributed by atoms with Gasteiger partial charge >= 0.3 is 5.91 Å². The number of hydrogen-bond donors (Lipinski definition) is 1. The van der Waals surface area contributed by atoms with Crippen molar-refractivity contribution in [2.45, 2.75) is 51.4 Å². The number of amides is 3. The van der Waals surface area contributed by atoms with Gasteiger partial charge in [-0.15, -0.1) is 0 Å². The van der Waals surface area contributed by atoms with Crippen LogP contribution in [0.1, 0.15) is 38.2 Å². The van der Waals surface area contributed by atoms with Crippen LogP contribution < -0.4 is 10.0 Å². The molecule has 0 radical (unpaired) electrons. The summed E-state index contributed by atoms with van der Waals surface area (Å²) in [6.07, 6.45) is 1.35. The number of carbonyl (C=O) groups excluding carboxylic acids is 3. The van der Waals surface area contributed by atoms with Gasteiger partial charge in [-0.2, -0.15) is 0 Å². The van der Waals surface area contributed by atoms with Gasteiger partial charge in [0.1, 0.15) is 25.0 Å². The summed E-state index contributed by atoms with van der Waals surface area (Å²) >= 11 is 0. The van der Waals surface area contributed by atoms with Crippen LogP contribution >= 0.6 is 0 Å². The van der Waals surface area contributed by atoms with Gasteiger partial charge in [-0.25, -0.2) is 28.7 Å². The maximum atomic E-state index is 14.4. The summed E-state index contributed by atoms with van der Waals surface area (Å²) in [7, 11) is 0. The number of likely N-dealkylation sites (tertiary alicyclic amines) is 1. The fourth-order valence-corrected chi connectivity index (χ4v) is 4.09. The van der Waals surface area contributed by atoms with E-state index in [1.54, 1.807) is 0 Å². The van der Waals surface area contributed by atoms with Crippen molar-refractivity contribution >= 4 is 24.0 Å². The van der Waals surface area contributed by atoms with E-state index in [4.69, 9.17) is 4.84 Å². The molecular formula is C25H30F2N4O5. The molecule has 1 fully saturated rings. The second-order valence-corrected chi connectivity index (χ2v) is 8.69. The highest BCUT2D eigenvalue weighted by Crippen LogP contribution is 2.26. The zero-order valence-corrected chi connectivity index (χ0v) is 20.0. The summed E-state index contributed by atoms with van der Waals surface area (Å²) in [5, 5.41) is 15.3. The SMILES string of the molecule is CCCC[C@H](CN(C=O)OCc1ccccc1)C(=O)N1C[C@H](F)CC1C(=O)Nc1ccc(F)c[n+]1[O-]. The van der Waals surface area contributed by atoms with Crippen LogP contribution in [0.3, 0.4) is 0 Å². The third-order valence-corrected chi connectivity index (χ3v) is 5.98. The van der Waals surface area contributed by atoms with E-state index >= 15 is 0 Å². The molecule has 1 aromatic carbocycles. The van der Waals surface area contributed by atoms with Crippen LogP contribution in [0.15, 0.2) is 48.7 Å². The van der Waals surface area contributed by atoms with Crippen LogP contribution in [0.2, 0.25) is 0 Å². The van der Waals surface area contributed by atoms with E-state index in [0.717, 1.165) is 34.1 Å². The third-order valence-electron chi connectivity index (χ3n) is 5.98. The van der Waals surface area contributed by atoms with Crippen LogP contribution in [-0.4, -0.2) is 53.5 Å². The monoisotopic (exact) mass is 504 g/mol. The molecule has 194 valence electrons. The zero-order chi connectivity index (χ0) is 26.1. The van der Waals surface area contributed by atoms with E-state index in [0.29, 0.717) is 25.4 Å². The van der Waals surface area contributed by atoms with Gasteiger partial charge in [-0.05, 0) is 18.1 Å². The van der Waals surface area contributed by atoms with E-state index in [-0.39, 0.29) is 36.7 Å². The van der Waals surface area contributed by atoms with Crippen LogP contribution in [0.4, 0.5) is 14.6 Å². The fourth-order valence-electron chi connectivity index (χ4n) is 4.09. The van der Waals surface area contributed by atoms with Crippen molar-refractivity contribution in [2.75, 3.05) is 18.4 Å². The number of unbranched alkanes of at least 4 members (excludes halogenated alkanes) is 1. The molecule has 9 nitrogen and oxygen atoms in total. The smallest absolute Gasteiger partial charge is 0.330 e. The molecule has 1 N–H and O–H groups in total. The van der Waals surface area contributed by atoms with Crippen LogP contribution in [0.5, 0.6) is 0 Å². The molecule has 0 aliphatic carbocycles. The Labute approximate surface area is 208 Å². The van der Waals surface area contributed by atoms with E-state index in [2.05, 4.69) is 5.32 Å². The molecule has 2 aromatic rings. The van der Waals surface area contributed by atoms with Crippen molar-refractivity contribution in [1.82, 2.24) is 9.96 Å². The molecule has 1 aliphatic heterocycles. The van der Waals surface area contributed by atoms with E-state index in [9.17, 15) is 28.4 Å². The van der Waals surface area contributed by atoms with Gasteiger partial charge < -0.3 is 10.1 Å². The summed E-state index contributed by atoms with van der Waals surface area (Å²) < 4.78 is 27.7. The van der Waals surface area contributed by atoms with Gasteiger partial charge in [0.15, 0.2) is 5.82 Å². The molecule has 3 atom stereocenters. The first-order chi connectivity index (χ1) is 17.3. The Balaban J connectivity index is 1.71. The van der Waals surface area contributed by atoms with Crippen LogP contribution in [-0.2, 0) is 25.8 Å². The first-order valence-corrected chi connectivity index (χ1v) is 11.8. The lowest BCUT2D eigenvalue weighted by Crippen LogP contribution is -2.48. The minimum atomic E-state index is -1.43. The predicted molar refractivity (Wildman–Crippen MR) is 126 cm³/mol. The fraction of sp³-hybridized carbons (Fsp3) is 0.440. The van der Waals surface area contributed by atoms with Crippen molar-refractivity contribution in [2.24, 2.45) is 5.92 Å². The molecule has 3 rings (SSSR count). The molecular weight excluding hydrogens is 474 g/mol. The number of pyridine rings is 1. The molecule has 0 spiro atoms. The van der Waals surface area contributed by atoms with Crippen LogP contribution in [0, 0.1) is 16.9 Å². The standard InChI is InChI=1S/C25H30F2N4O5/c1-2-3-9-19(13-29(17-32)36-16-18-7-5-4-6-8-18)25(34)30-14-21(27)12-22(30)24(33)28-23-11-10-20(26)15-31(23)35/h4-8,10-11,15,17,19,21-22H,2-3,9,12-14,16H2,1H3,(H,28,33)/t19-,21-,22?/m1/s1. The number of halogens is 2. The Morgan fingerprint density at radius 2 is 2.06 bits per heavy atom. The molecule has 1 aromatic heterocycles. The van der Waals surface area contributed by atoms with Gasteiger partial charge in [0.2, 0.25) is 12.3 Å². The minimum absolute atomic E-state index is 0.0600. The number of rotatable bonds is 12. The predicted octanol–water partition coefficient (Wildman–Crippen LogP) is 2.73. The number of carbonyl (C=O) groups is 3. The number of nitrogens with zero attached hydrogens (tertiary/aromatic N) is 3. The van der Waals surface area contributed by atoms with Crippen molar-refractivity contribution in [1.29, 1.82) is 0 Å². The Bertz CT molecular complexity index is 1040. The van der Waals surface area contributed by atoms with Crippen LogP contribution in [0.25, 0.3) is 0 Å². The maximum absolute atomic E-state index is 14.4. The molecule has 0 bridgehead atoms. The summed E-state index contributed by atoms with van der Waals surface area (Å²) in [5.74, 6) is -2.96. The normalized spacial score (nSPS) is 18.0. The Hall–Kier alpha value is -3.60. The second-order valence-electron chi connectivity index (χ2n) is 8.69. The van der Waals surface area contributed by atoms with Gasteiger partial charge in [-0.1, -0.05) is 50.1 Å². The third kappa shape index (κ3) is 7.20. The summed E-state index contributed by atoms with van der Waals surface area (Å²) in [5.41, 5.74) is 0.841. The number of hydrogen-bond acceptors (Lipinski definition) is 5. The lowest BCUT2D eigenvalue weighted by Gasteiger charge is -2.29. The minimum Gasteiger partial charge on any atom is -0.711 e. The van der Waals surface area contributed by atoms with Gasteiger partial charge in [0, 0.05) is 12.5 Å². The average Bonchev–Trinajstić information content (AvgIpc) is 3.27. The Kier molecular flexibility index (Phi) is 9.69. The van der Waals surface area contributed by atoms with Crippen molar-refractivity contribution < 1.29 is 32.7 Å². The molecule has 2 heterocycles. The molecule has 3 amide bonds. The van der Waals surface area contributed by atoms with Gasteiger partial charge in [0.25, 0.3) is 5.82 Å². The molecule has 1 unspecified atom stereocenters. The number of aromatic nitrogens is 1. The highest BCUT2D eigenvalue weighted by molar-refractivity contribution is 5.97. The lowest BCUT2D eigenvalue weighted by atomic mass is 9.99. The van der Waals surface area contributed by atoms with Gasteiger partial charge in [-0.3, -0.25) is 14.4 Å². The van der Waals surface area contributed by atoms with Gasteiger partial charge in [0.05, 0.1) is 19.0 Å². The molecule has 36 heavy (non-hydrogen) atoms. The number of hydroxylamine groups is 2. The van der Waals surface area contributed by atoms with E-state index < -0.39 is 35.8 Å². The zero-order valence-electron chi connectivity index (χ0n) is 20.0. The average molecular weight is 505 g/mol. The van der Waals surface area contributed by atoms with E-state index in [1.165, 1.54) is 0 Å². The first-order valence-electron chi connectivity index (χ1n) is 11.8. The molecule has 11 heteroatoms. The number of benzene rings is 1. The highest BCUT2D eigenvalue weighted by atomic mass is 19.1. The summed E-state index contributed by atoms with van der Waals surface area (Å²) in [4.78, 5) is 44.7. The van der Waals surface area contributed by atoms with Crippen molar-refractivity contribution in [3.8, 4) is 0 Å². The topological polar surface area (TPSA) is 106 Å². The number of alkyl halides is 1. The van der Waals surface area contributed by atoms with E-state index in [1.807, 2.05) is 37.3 Å². The largest absolute Gasteiger partial charge is 0.711 e.